The molecular weight excluding hydrogens is 1180 g/mol. The van der Waals surface area contributed by atoms with E-state index in [1.165, 1.54) is 53.7 Å². The summed E-state index contributed by atoms with van der Waals surface area (Å²) in [6, 6.07) is 15.8. The summed E-state index contributed by atoms with van der Waals surface area (Å²) in [5.41, 5.74) is -11.9. The number of alkyl halides is 6. The van der Waals surface area contributed by atoms with E-state index in [4.69, 9.17) is 122 Å². The van der Waals surface area contributed by atoms with E-state index in [9.17, 15) is 29.1 Å². The second-order valence-electron chi connectivity index (χ2n) is 21.8. The number of fused-ring (bicyclic) bond motifs is 5. The summed E-state index contributed by atoms with van der Waals surface area (Å²) in [7, 11) is 0. The first kappa shape index (κ1) is 64.8. The third-order valence-corrected chi connectivity index (χ3v) is 15.5. The van der Waals surface area contributed by atoms with Crippen LogP contribution in [0.5, 0.6) is 0 Å². The minimum atomic E-state index is -2.66. The van der Waals surface area contributed by atoms with Gasteiger partial charge in [-0.1, -0.05) is 132 Å². The molecule has 6 rings (SSSR count). The second kappa shape index (κ2) is 24.5. The highest BCUT2D eigenvalue weighted by Gasteiger charge is 2.79. The number of alkyl carbamates (subject to hydrolysis) is 1. The second-order valence-corrected chi connectivity index (χ2v) is 26.9. The Morgan fingerprint density at radius 2 is 1.39 bits per heavy atom. The number of aliphatic hydroxyl groups is 1. The van der Waals surface area contributed by atoms with Crippen LogP contribution in [0.3, 0.4) is 0 Å². The summed E-state index contributed by atoms with van der Waals surface area (Å²) >= 11 is 35.7. The van der Waals surface area contributed by atoms with E-state index in [1.54, 1.807) is 76.2 Å². The van der Waals surface area contributed by atoms with E-state index in [2.05, 4.69) is 5.32 Å². The van der Waals surface area contributed by atoms with E-state index in [0.29, 0.717) is 5.56 Å². The maximum absolute atomic E-state index is 16.5. The van der Waals surface area contributed by atoms with Gasteiger partial charge in [-0.2, -0.15) is 0 Å². The summed E-state index contributed by atoms with van der Waals surface area (Å²) in [5.74, 6) is -6.15. The van der Waals surface area contributed by atoms with Gasteiger partial charge in [0.15, 0.2) is 29.9 Å². The lowest BCUT2D eigenvalue weighted by atomic mass is 9.44. The van der Waals surface area contributed by atoms with Gasteiger partial charge < -0.3 is 62.5 Å². The van der Waals surface area contributed by atoms with Crippen LogP contribution in [0.2, 0.25) is 0 Å². The monoisotopic (exact) mass is 1240 g/mol. The molecule has 0 radical (unpaired) electrons. The Labute approximate surface area is 493 Å². The van der Waals surface area contributed by atoms with Gasteiger partial charge in [0, 0.05) is 31.8 Å². The Morgan fingerprint density at radius 3 is 1.90 bits per heavy atom. The van der Waals surface area contributed by atoms with Crippen LogP contribution in [0.1, 0.15) is 105 Å². The molecule has 4 aliphatic rings. The Bertz CT molecular complexity index is 2680. The number of carbonyl (C=O) groups is 7. The summed E-state index contributed by atoms with van der Waals surface area (Å²) in [4.78, 5) is 102. The SMILES string of the molecule is CCOC(C)O[C@@H](C(=O)O[C@H]1C[C@@]2(O)[C@@H](OC(=O)c3ccccc3)[C@@H]3[C@]4(OC(C)=O)CO[C@@H]4C[C@H](OC(=O)OCC(Cl)(Cl)Cl)[C@@]3(C)C(=O)[C@H](OC(=O)OCC(Cl)(Cl)Cl)C(=C1C)C2(C)C)[C@@](C)(NC(=O)OC(C)(C)C)c1ccccc1. The van der Waals surface area contributed by atoms with Crippen molar-refractivity contribution in [2.75, 3.05) is 26.4 Å². The Hall–Kier alpha value is -4.35. The maximum atomic E-state index is 16.5. The topological polar surface area (TPSA) is 253 Å². The molecule has 2 N–H and O–H groups in total. The minimum absolute atomic E-state index is 0.0104. The van der Waals surface area contributed by atoms with Crippen LogP contribution < -0.4 is 5.32 Å². The third-order valence-electron chi connectivity index (χ3n) is 14.9. The van der Waals surface area contributed by atoms with E-state index >= 15 is 9.59 Å². The number of hydrogen-bond donors (Lipinski definition) is 2. The van der Waals surface area contributed by atoms with Crippen molar-refractivity contribution < 1.29 is 90.8 Å². The average molecular weight is 1240 g/mol. The zero-order valence-corrected chi connectivity index (χ0v) is 50.2. The highest BCUT2D eigenvalue weighted by Crippen LogP contribution is 2.65. The van der Waals surface area contributed by atoms with Crippen molar-refractivity contribution in [2.24, 2.45) is 16.7 Å². The quantitative estimate of drug-likeness (QED) is 0.0521. The zero-order chi connectivity index (χ0) is 59.8. The van der Waals surface area contributed by atoms with E-state index < -0.39 is 164 Å². The number of ketones is 1. The molecule has 26 heteroatoms. The third kappa shape index (κ3) is 13.8. The molecule has 442 valence electrons. The fraction of sp³-hybridized carbons (Fsp3) is 0.611. The van der Waals surface area contributed by atoms with Crippen molar-refractivity contribution >= 4 is 112 Å². The fourth-order valence-corrected chi connectivity index (χ4v) is 11.6. The number of halogens is 6. The van der Waals surface area contributed by atoms with Crippen LogP contribution in [0, 0.1) is 16.7 Å². The van der Waals surface area contributed by atoms with Crippen LogP contribution in [-0.4, -0.2) is 141 Å². The number of benzene rings is 2. The van der Waals surface area contributed by atoms with Crippen molar-refractivity contribution in [2.45, 2.75) is 162 Å². The van der Waals surface area contributed by atoms with Crippen LogP contribution in [0.25, 0.3) is 0 Å². The molecule has 0 spiro atoms. The van der Waals surface area contributed by atoms with Gasteiger partial charge in [0.2, 0.25) is 7.59 Å². The number of rotatable bonds is 16. The Kier molecular flexibility index (Phi) is 19.8. The molecule has 12 atom stereocenters. The minimum Gasteiger partial charge on any atom is -0.456 e. The molecule has 2 bridgehead atoms. The predicted molar refractivity (Wildman–Crippen MR) is 289 cm³/mol. The first-order chi connectivity index (χ1) is 36.9. The number of ether oxygens (including phenoxy) is 11. The summed E-state index contributed by atoms with van der Waals surface area (Å²) in [6.07, 6.45) is -17.2. The van der Waals surface area contributed by atoms with Crippen molar-refractivity contribution in [1.29, 1.82) is 0 Å². The first-order valence-electron chi connectivity index (χ1n) is 25.3. The highest BCUT2D eigenvalue weighted by atomic mass is 35.6. The average Bonchev–Trinajstić information content (AvgIpc) is 3.34. The molecule has 1 saturated heterocycles. The lowest BCUT2D eigenvalue weighted by Gasteiger charge is -2.67. The lowest BCUT2D eigenvalue weighted by Crippen LogP contribution is -2.82. The number of amides is 1. The smallest absolute Gasteiger partial charge is 0.456 e. The largest absolute Gasteiger partial charge is 0.509 e. The van der Waals surface area contributed by atoms with E-state index in [1.807, 2.05) is 0 Å². The van der Waals surface area contributed by atoms with Crippen LogP contribution >= 0.6 is 69.6 Å². The normalized spacial score (nSPS) is 28.7. The number of carbonyl (C=O) groups excluding carboxylic acids is 7. The van der Waals surface area contributed by atoms with Gasteiger partial charge in [0.1, 0.15) is 54.4 Å². The molecule has 2 aromatic rings. The molecule has 80 heavy (non-hydrogen) atoms. The number of hydrogen-bond acceptors (Lipinski definition) is 19. The first-order valence-corrected chi connectivity index (χ1v) is 27.6. The molecular formula is C54H65Cl6NO19. The molecule has 2 aromatic carbocycles. The Balaban J connectivity index is 1.66. The summed E-state index contributed by atoms with van der Waals surface area (Å²) in [6.45, 7) is 14.2. The van der Waals surface area contributed by atoms with Gasteiger partial charge in [0.25, 0.3) is 0 Å². The molecule has 3 aliphatic carbocycles. The molecule has 1 heterocycles. The highest BCUT2D eigenvalue weighted by molar-refractivity contribution is 6.68. The zero-order valence-electron chi connectivity index (χ0n) is 45.7. The molecule has 1 amide bonds. The van der Waals surface area contributed by atoms with Crippen molar-refractivity contribution in [3.63, 3.8) is 0 Å². The molecule has 1 unspecified atom stereocenters. The summed E-state index contributed by atoms with van der Waals surface area (Å²) in [5, 5.41) is 17.1. The van der Waals surface area contributed by atoms with Gasteiger partial charge >= 0.3 is 36.3 Å². The summed E-state index contributed by atoms with van der Waals surface area (Å²) < 4.78 is 61.2. The van der Waals surface area contributed by atoms with E-state index in [0.717, 1.165) is 6.92 Å². The Morgan fingerprint density at radius 1 is 0.825 bits per heavy atom. The molecule has 20 nitrogen and oxygen atoms in total. The van der Waals surface area contributed by atoms with Crippen molar-refractivity contribution in [1.82, 2.24) is 5.32 Å². The molecule has 1 aliphatic heterocycles. The van der Waals surface area contributed by atoms with Crippen LogP contribution in [-0.2, 0) is 72.0 Å². The van der Waals surface area contributed by atoms with Crippen molar-refractivity contribution in [3.05, 3.63) is 82.9 Å². The van der Waals surface area contributed by atoms with E-state index in [-0.39, 0.29) is 23.3 Å². The van der Waals surface area contributed by atoms with Crippen LogP contribution in [0.15, 0.2) is 71.8 Å². The molecule has 0 aromatic heterocycles. The maximum Gasteiger partial charge on any atom is 0.509 e. The van der Waals surface area contributed by atoms with Crippen LogP contribution in [0.4, 0.5) is 14.4 Å². The number of Topliss-reactive ketones (excluding diaryl/α,β-unsaturated/α-hetero) is 1. The van der Waals surface area contributed by atoms with Gasteiger partial charge in [-0.25, -0.2) is 24.0 Å². The fourth-order valence-electron chi connectivity index (χ4n) is 11.2. The molecule has 2 saturated carbocycles. The number of nitrogens with one attached hydrogen (secondary N) is 1. The number of esters is 3. The van der Waals surface area contributed by atoms with Crippen molar-refractivity contribution in [3.8, 4) is 0 Å². The molecule has 3 fully saturated rings. The predicted octanol–water partition coefficient (Wildman–Crippen LogP) is 9.90. The lowest BCUT2D eigenvalue weighted by molar-refractivity contribution is -0.346. The van der Waals surface area contributed by atoms with Gasteiger partial charge in [0.05, 0.1) is 23.5 Å². The van der Waals surface area contributed by atoms with Gasteiger partial charge in [-0.15, -0.1) is 0 Å². The van der Waals surface area contributed by atoms with Gasteiger partial charge in [-0.3, -0.25) is 9.59 Å². The van der Waals surface area contributed by atoms with Gasteiger partial charge in [-0.05, 0) is 84.2 Å². The standard InChI is InChI=1S/C54H65Cl6NO19/c1-12-70-30(4)74-41(50(11,32-21-17-14-18-22-32)61-44(66)80-47(5,6)7)43(65)75-33-24-52(69)40(78-42(64)31-19-15-13-16-20-31)38-49(10,39(63)37(36(28(33)2)48(52,8)9)77-46(68)73-27-54(58,59)60)34(76-45(67)72-26-53(55,56)57)23-35-51(38,25-71-35)79-29(3)62/h13-22,30,33-35,37-38,40-41,69H,12,23-27H2,1-11H3,(H,61,66)/t30?,33-,34-,35+,37+,38-,40-,41-,49+,50-,51-,52+/m0/s1.